The maximum absolute atomic E-state index is 5.60. The van der Waals surface area contributed by atoms with Gasteiger partial charge in [-0.2, -0.15) is 5.10 Å². The molecule has 0 fully saturated rings. The predicted octanol–water partition coefficient (Wildman–Crippen LogP) is 0.928. The van der Waals surface area contributed by atoms with Gasteiger partial charge in [-0.25, -0.2) is 9.50 Å². The molecule has 62 valence electrons. The minimum absolute atomic E-state index is 0.545. The number of aryl methyl sites for hydroxylation is 2. The molecule has 0 radical (unpaired) electrons. The molecule has 2 N–H and O–H groups in total. The second-order valence-electron chi connectivity index (χ2n) is 2.89. The Hall–Kier alpha value is -1.58. The molecule has 0 spiro atoms. The first kappa shape index (κ1) is 7.09. The lowest BCUT2D eigenvalue weighted by Crippen LogP contribution is -1.99. The molecule has 4 nitrogen and oxygen atoms in total. The predicted molar refractivity (Wildman–Crippen MR) is 46.9 cm³/mol. The van der Waals surface area contributed by atoms with Gasteiger partial charge < -0.3 is 5.73 Å². The standard InChI is InChI=1S/C8H10N4/c1-5-4-10-12-6(2)3-7(9)11-8(5)12/h3-4H,1-2H3,(H2,9,11). The average Bonchev–Trinajstić information content (AvgIpc) is 2.33. The van der Waals surface area contributed by atoms with Gasteiger partial charge in [0.1, 0.15) is 5.82 Å². The van der Waals surface area contributed by atoms with Crippen LogP contribution in [0.15, 0.2) is 12.3 Å². The summed E-state index contributed by atoms with van der Waals surface area (Å²) < 4.78 is 1.78. The molecule has 12 heavy (non-hydrogen) atoms. The van der Waals surface area contributed by atoms with Crippen molar-refractivity contribution in [2.45, 2.75) is 13.8 Å². The fourth-order valence-corrected chi connectivity index (χ4v) is 1.25. The van der Waals surface area contributed by atoms with E-state index in [1.807, 2.05) is 13.8 Å². The number of nitrogens with zero attached hydrogens (tertiary/aromatic N) is 3. The fraction of sp³-hybridized carbons (Fsp3) is 0.250. The summed E-state index contributed by atoms with van der Waals surface area (Å²) in [5.74, 6) is 0.545. The van der Waals surface area contributed by atoms with Crippen molar-refractivity contribution in [2.24, 2.45) is 0 Å². The van der Waals surface area contributed by atoms with Crippen LogP contribution in [0.1, 0.15) is 11.3 Å². The Balaban J connectivity index is 2.92. The number of fused-ring (bicyclic) bond motifs is 1. The van der Waals surface area contributed by atoms with E-state index in [0.29, 0.717) is 5.82 Å². The minimum Gasteiger partial charge on any atom is -0.384 e. The van der Waals surface area contributed by atoms with Gasteiger partial charge in [-0.3, -0.25) is 0 Å². The van der Waals surface area contributed by atoms with Gasteiger partial charge in [-0.05, 0) is 13.8 Å². The molecule has 2 rings (SSSR count). The summed E-state index contributed by atoms with van der Waals surface area (Å²) in [6.45, 7) is 3.92. The van der Waals surface area contributed by atoms with Gasteiger partial charge in [0, 0.05) is 17.3 Å². The third-order valence-electron chi connectivity index (χ3n) is 1.85. The highest BCUT2D eigenvalue weighted by Gasteiger charge is 2.03. The summed E-state index contributed by atoms with van der Waals surface area (Å²) in [5.41, 5.74) is 8.49. The first-order valence-corrected chi connectivity index (χ1v) is 3.76. The molecule has 0 aliphatic heterocycles. The van der Waals surface area contributed by atoms with E-state index in [1.165, 1.54) is 0 Å². The first-order chi connectivity index (χ1) is 5.68. The second-order valence-corrected chi connectivity index (χ2v) is 2.89. The second kappa shape index (κ2) is 2.20. The van der Waals surface area contributed by atoms with E-state index in [-0.39, 0.29) is 0 Å². The molecular formula is C8H10N4. The number of nitrogen functional groups attached to an aromatic ring is 1. The molecule has 4 heteroatoms. The Kier molecular flexibility index (Phi) is 1.30. The Morgan fingerprint density at radius 2 is 2.17 bits per heavy atom. The van der Waals surface area contributed by atoms with Gasteiger partial charge in [0.2, 0.25) is 0 Å². The van der Waals surface area contributed by atoms with Crippen molar-refractivity contribution in [3.63, 3.8) is 0 Å². The van der Waals surface area contributed by atoms with Gasteiger partial charge in [0.25, 0.3) is 0 Å². The Morgan fingerprint density at radius 3 is 2.92 bits per heavy atom. The van der Waals surface area contributed by atoms with E-state index in [9.17, 15) is 0 Å². The lowest BCUT2D eigenvalue weighted by atomic mass is 10.3. The van der Waals surface area contributed by atoms with Crippen LogP contribution in [0.3, 0.4) is 0 Å². The molecule has 0 amide bonds. The number of hydrogen-bond donors (Lipinski definition) is 1. The third kappa shape index (κ3) is 0.845. The highest BCUT2D eigenvalue weighted by atomic mass is 15.3. The lowest BCUT2D eigenvalue weighted by molar-refractivity contribution is 0.897. The van der Waals surface area contributed by atoms with Gasteiger partial charge >= 0.3 is 0 Å². The SMILES string of the molecule is Cc1cnn2c(C)cc(N)nc12. The molecule has 0 saturated carbocycles. The first-order valence-electron chi connectivity index (χ1n) is 3.76. The van der Waals surface area contributed by atoms with Crippen LogP contribution in [0.5, 0.6) is 0 Å². The highest BCUT2D eigenvalue weighted by molar-refractivity contribution is 5.51. The zero-order chi connectivity index (χ0) is 8.72. The Labute approximate surface area is 70.0 Å². The molecular weight excluding hydrogens is 152 g/mol. The zero-order valence-corrected chi connectivity index (χ0v) is 7.07. The van der Waals surface area contributed by atoms with E-state index in [4.69, 9.17) is 5.73 Å². The number of nitrogens with two attached hydrogens (primary N) is 1. The lowest BCUT2D eigenvalue weighted by Gasteiger charge is -1.99. The van der Waals surface area contributed by atoms with Crippen molar-refractivity contribution in [1.82, 2.24) is 14.6 Å². The Morgan fingerprint density at radius 1 is 1.42 bits per heavy atom. The molecule has 0 aromatic carbocycles. The molecule has 0 aliphatic carbocycles. The Bertz CT molecular complexity index is 430. The maximum atomic E-state index is 5.60. The van der Waals surface area contributed by atoms with Crippen LogP contribution >= 0.6 is 0 Å². The summed E-state index contributed by atoms with van der Waals surface area (Å²) in [4.78, 5) is 4.17. The van der Waals surface area contributed by atoms with Crippen molar-refractivity contribution in [2.75, 3.05) is 5.73 Å². The molecule has 2 aromatic heterocycles. The van der Waals surface area contributed by atoms with Crippen LogP contribution < -0.4 is 5.73 Å². The summed E-state index contributed by atoms with van der Waals surface area (Å²) in [7, 11) is 0. The molecule has 2 heterocycles. The third-order valence-corrected chi connectivity index (χ3v) is 1.85. The van der Waals surface area contributed by atoms with Crippen LogP contribution in [-0.2, 0) is 0 Å². The zero-order valence-electron chi connectivity index (χ0n) is 7.07. The van der Waals surface area contributed by atoms with Crippen LogP contribution in [0, 0.1) is 13.8 Å². The van der Waals surface area contributed by atoms with E-state index in [2.05, 4.69) is 10.1 Å². The van der Waals surface area contributed by atoms with E-state index in [0.717, 1.165) is 16.9 Å². The van der Waals surface area contributed by atoms with Gasteiger partial charge in [0.15, 0.2) is 5.65 Å². The summed E-state index contributed by atoms with van der Waals surface area (Å²) in [6.07, 6.45) is 1.79. The number of aromatic nitrogens is 3. The largest absolute Gasteiger partial charge is 0.384 e. The smallest absolute Gasteiger partial charge is 0.160 e. The van der Waals surface area contributed by atoms with Crippen LogP contribution in [0.25, 0.3) is 5.65 Å². The van der Waals surface area contributed by atoms with Crippen molar-refractivity contribution >= 4 is 11.5 Å². The summed E-state index contributed by atoms with van der Waals surface area (Å²) >= 11 is 0. The summed E-state index contributed by atoms with van der Waals surface area (Å²) in [6, 6.07) is 1.80. The van der Waals surface area contributed by atoms with Crippen molar-refractivity contribution in [3.8, 4) is 0 Å². The maximum Gasteiger partial charge on any atom is 0.160 e. The van der Waals surface area contributed by atoms with Gasteiger partial charge in [-0.15, -0.1) is 0 Å². The van der Waals surface area contributed by atoms with Gasteiger partial charge in [0.05, 0.1) is 6.20 Å². The number of anilines is 1. The summed E-state index contributed by atoms with van der Waals surface area (Å²) in [5, 5.41) is 4.16. The molecule has 0 bridgehead atoms. The number of hydrogen-bond acceptors (Lipinski definition) is 3. The molecule has 0 aliphatic rings. The molecule has 0 atom stereocenters. The monoisotopic (exact) mass is 162 g/mol. The van der Waals surface area contributed by atoms with Crippen molar-refractivity contribution in [1.29, 1.82) is 0 Å². The molecule has 0 unspecified atom stereocenters. The van der Waals surface area contributed by atoms with Crippen LogP contribution in [0.4, 0.5) is 5.82 Å². The average molecular weight is 162 g/mol. The molecule has 2 aromatic rings. The van der Waals surface area contributed by atoms with Crippen molar-refractivity contribution < 1.29 is 0 Å². The van der Waals surface area contributed by atoms with E-state index < -0.39 is 0 Å². The quantitative estimate of drug-likeness (QED) is 0.627. The highest BCUT2D eigenvalue weighted by Crippen LogP contribution is 2.11. The fourth-order valence-electron chi connectivity index (χ4n) is 1.25. The minimum atomic E-state index is 0.545. The van der Waals surface area contributed by atoms with E-state index in [1.54, 1.807) is 16.8 Å². The van der Waals surface area contributed by atoms with Crippen molar-refractivity contribution in [3.05, 3.63) is 23.5 Å². The van der Waals surface area contributed by atoms with Crippen LogP contribution in [0.2, 0.25) is 0 Å². The topological polar surface area (TPSA) is 56.2 Å². The van der Waals surface area contributed by atoms with Gasteiger partial charge in [-0.1, -0.05) is 0 Å². The number of rotatable bonds is 0. The normalized spacial score (nSPS) is 10.8. The molecule has 0 saturated heterocycles. The van der Waals surface area contributed by atoms with Crippen LogP contribution in [-0.4, -0.2) is 14.6 Å². The van der Waals surface area contributed by atoms with E-state index >= 15 is 0 Å².